The Morgan fingerprint density at radius 3 is 2.19 bits per heavy atom. The molecule has 10 rings (SSSR count). The lowest BCUT2D eigenvalue weighted by Gasteiger charge is -2.33. The number of benzene rings is 5. The number of para-hydroxylation sites is 1. The number of phenolic OH excluding ortho intramolecular Hbond substituents is 1. The van der Waals surface area contributed by atoms with Gasteiger partial charge >= 0.3 is 17.6 Å². The minimum Gasteiger partial charge on any atom is -0.505 e. The van der Waals surface area contributed by atoms with Crippen molar-refractivity contribution >= 4 is 100.0 Å². The average Bonchev–Trinajstić information content (AvgIpc) is 4.06. The standard InChI is InChI=1S/C49H59N9O13S2Si2/c1-2-58(33-15-6-5-7-16-33)49-54-47(51-25-13-27-75-69-40-19-9-4-3-8-18-39-41(30-42(70-75)45(40)71-75)68-74(66,67-39)26-12-24-50)53-48(55-49)52-38-29-34(72(60,61)62)28-32-21-22-36(44(59)43(32)38)56-57-37-23-20-31-14-10-11-17-35(31)46(37)73(63,64)65/h5-7,10-11,14-17,20-23,28-29,39-42,45,59,66H,2-4,8-9,12-13,18-19,24-27,30,50H2,1H3,(H,60,61,62)(H,63,64,65)(H2,51,52,53,54,55)/b57-56+. The molecule has 1 aliphatic carbocycles. The lowest BCUT2D eigenvalue weighted by molar-refractivity contribution is -0.0100. The monoisotopic (exact) mass is 1100 g/mol. The van der Waals surface area contributed by atoms with Crippen molar-refractivity contribution in [1.82, 2.24) is 15.0 Å². The zero-order valence-corrected chi connectivity index (χ0v) is 44.6. The van der Waals surface area contributed by atoms with Gasteiger partial charge in [-0.25, -0.2) is 0 Å². The summed E-state index contributed by atoms with van der Waals surface area (Å²) in [6.45, 7) is 3.14. The molecule has 4 heterocycles. The smallest absolute Gasteiger partial charge is 0.502 e. The van der Waals surface area contributed by atoms with Crippen LogP contribution in [0.1, 0.15) is 64.7 Å². The molecule has 0 amide bonds. The van der Waals surface area contributed by atoms with Gasteiger partial charge in [-0.1, -0.05) is 80.3 Å². The van der Waals surface area contributed by atoms with Gasteiger partial charge < -0.3 is 53.3 Å². The molecule has 26 heteroatoms. The summed E-state index contributed by atoms with van der Waals surface area (Å²) >= 11 is 0. The third-order valence-electron chi connectivity index (χ3n) is 13.8. The Balaban J connectivity index is 0.929. The number of hydrogen-bond acceptors (Lipinski definition) is 20. The molecule has 398 valence electrons. The van der Waals surface area contributed by atoms with Crippen LogP contribution in [0, 0.1) is 0 Å². The maximum atomic E-state index is 12.7. The van der Waals surface area contributed by atoms with E-state index in [9.17, 15) is 35.8 Å². The number of phenols is 1. The normalized spacial score (nSPS) is 25.1. The maximum absolute atomic E-state index is 12.7. The van der Waals surface area contributed by atoms with Crippen LogP contribution in [-0.2, 0) is 42.4 Å². The van der Waals surface area contributed by atoms with E-state index in [-0.39, 0.29) is 81.6 Å². The number of nitrogens with zero attached hydrogens (tertiary/aromatic N) is 6. The zero-order chi connectivity index (χ0) is 52.5. The molecule has 6 aromatic rings. The first kappa shape index (κ1) is 52.8. The molecule has 1 saturated carbocycles. The van der Waals surface area contributed by atoms with Crippen molar-refractivity contribution in [1.29, 1.82) is 0 Å². The van der Waals surface area contributed by atoms with Gasteiger partial charge in [-0.3, -0.25) is 9.11 Å². The Labute approximate surface area is 435 Å². The fraction of sp³-hybridized carbons (Fsp3) is 0.408. The van der Waals surface area contributed by atoms with E-state index in [0.717, 1.165) is 56.3 Å². The summed E-state index contributed by atoms with van der Waals surface area (Å²) in [7, 11) is -16.1. The highest BCUT2D eigenvalue weighted by atomic mass is 32.2. The van der Waals surface area contributed by atoms with Gasteiger partial charge in [-0.2, -0.15) is 31.8 Å². The molecule has 22 nitrogen and oxygen atoms in total. The summed E-state index contributed by atoms with van der Waals surface area (Å²) in [6, 6.07) is 24.8. The number of anilines is 5. The number of azo groups is 1. The number of hydrogen-bond donors (Lipinski definition) is 7. The van der Waals surface area contributed by atoms with Crippen molar-refractivity contribution in [2.75, 3.05) is 35.2 Å². The topological polar surface area (TPSA) is 312 Å². The van der Waals surface area contributed by atoms with E-state index in [4.69, 9.17) is 37.8 Å². The molecule has 4 aliphatic rings. The average molecular weight is 1100 g/mol. The van der Waals surface area contributed by atoms with E-state index in [1.807, 2.05) is 42.2 Å². The second kappa shape index (κ2) is 21.8. The zero-order valence-electron chi connectivity index (χ0n) is 41.0. The lowest BCUT2D eigenvalue weighted by Crippen LogP contribution is -2.47. The van der Waals surface area contributed by atoms with Crippen LogP contribution in [-0.4, -0.2) is 119 Å². The number of nitrogens with one attached hydrogen (secondary N) is 2. The third kappa shape index (κ3) is 11.6. The summed E-state index contributed by atoms with van der Waals surface area (Å²) in [5.74, 6) is -0.208. The Bertz CT molecular complexity index is 3340. The van der Waals surface area contributed by atoms with Crippen LogP contribution in [0.25, 0.3) is 21.5 Å². The number of rotatable bonds is 17. The predicted molar refractivity (Wildman–Crippen MR) is 282 cm³/mol. The summed E-state index contributed by atoms with van der Waals surface area (Å²) in [5, 5.41) is 27.5. The number of aromatic hydroxyl groups is 1. The van der Waals surface area contributed by atoms with E-state index in [1.165, 1.54) is 24.3 Å². The predicted octanol–water partition coefficient (Wildman–Crippen LogP) is 8.43. The van der Waals surface area contributed by atoms with Crippen LogP contribution in [0.5, 0.6) is 5.75 Å². The maximum Gasteiger partial charge on any atom is 0.502 e. The van der Waals surface area contributed by atoms with Gasteiger partial charge in [0.05, 0.1) is 41.1 Å². The van der Waals surface area contributed by atoms with Crippen LogP contribution in [0.2, 0.25) is 12.1 Å². The second-order valence-electron chi connectivity index (χ2n) is 19.0. The largest absolute Gasteiger partial charge is 0.505 e. The Morgan fingerprint density at radius 1 is 0.733 bits per heavy atom. The van der Waals surface area contributed by atoms with Crippen molar-refractivity contribution in [3.63, 3.8) is 0 Å². The van der Waals surface area contributed by atoms with Crippen molar-refractivity contribution in [2.24, 2.45) is 16.0 Å². The van der Waals surface area contributed by atoms with E-state index in [1.54, 1.807) is 24.3 Å². The highest BCUT2D eigenvalue weighted by Gasteiger charge is 2.64. The second-order valence-corrected chi connectivity index (χ2v) is 26.8. The van der Waals surface area contributed by atoms with E-state index in [2.05, 4.69) is 25.8 Å². The molecule has 3 saturated heterocycles. The number of nitrogens with two attached hydrogens (primary N) is 1. The van der Waals surface area contributed by atoms with Crippen LogP contribution in [0.3, 0.4) is 0 Å². The van der Waals surface area contributed by atoms with Gasteiger partial charge in [-0.15, -0.1) is 10.2 Å². The number of fused-ring (bicyclic) bond motifs is 4. The first-order chi connectivity index (χ1) is 36.0. The quantitative estimate of drug-likeness (QED) is 0.0195. The molecular weight excluding hydrogens is 1040 g/mol. The molecular formula is C49H59N9O13S2Si2. The lowest BCUT2D eigenvalue weighted by atomic mass is 9.93. The highest BCUT2D eigenvalue weighted by molar-refractivity contribution is 7.86. The summed E-state index contributed by atoms with van der Waals surface area (Å²) in [6.07, 6.45) is 6.17. The van der Waals surface area contributed by atoms with E-state index < -0.39 is 53.4 Å². The molecule has 7 atom stereocenters. The van der Waals surface area contributed by atoms with E-state index >= 15 is 0 Å². The van der Waals surface area contributed by atoms with Gasteiger partial charge in [-0.05, 0) is 86.3 Å². The van der Waals surface area contributed by atoms with Crippen LogP contribution >= 0.6 is 0 Å². The minimum atomic E-state index is -4.81. The molecule has 0 radical (unpaired) electrons. The highest BCUT2D eigenvalue weighted by Crippen LogP contribution is 2.47. The third-order valence-corrected chi connectivity index (χ3v) is 20.9. The van der Waals surface area contributed by atoms with Crippen molar-refractivity contribution < 1.29 is 58.0 Å². The Kier molecular flexibility index (Phi) is 15.4. The molecule has 4 fully saturated rings. The molecule has 7 unspecified atom stereocenters. The molecule has 1 aromatic heterocycles. The molecule has 2 bridgehead atoms. The minimum absolute atomic E-state index is 0.0237. The molecule has 75 heavy (non-hydrogen) atoms. The fourth-order valence-corrected chi connectivity index (χ4v) is 17.4. The van der Waals surface area contributed by atoms with Gasteiger partial charge in [0, 0.05) is 48.1 Å². The van der Waals surface area contributed by atoms with Crippen LogP contribution < -0.4 is 21.3 Å². The Hall–Kier alpha value is -5.60. The summed E-state index contributed by atoms with van der Waals surface area (Å²) in [4.78, 5) is 26.4. The van der Waals surface area contributed by atoms with Crippen molar-refractivity contribution in [3.05, 3.63) is 91.0 Å². The van der Waals surface area contributed by atoms with E-state index in [0.29, 0.717) is 56.4 Å². The molecule has 5 aromatic carbocycles. The summed E-state index contributed by atoms with van der Waals surface area (Å²) < 4.78 is 104. The van der Waals surface area contributed by atoms with Crippen LogP contribution in [0.15, 0.2) is 111 Å². The van der Waals surface area contributed by atoms with Crippen molar-refractivity contribution in [3.8, 4) is 5.75 Å². The number of aromatic nitrogens is 3. The summed E-state index contributed by atoms with van der Waals surface area (Å²) in [5.41, 5.74) is 6.13. The van der Waals surface area contributed by atoms with Crippen LogP contribution in [0.4, 0.5) is 40.6 Å². The molecule has 8 N–H and O–H groups in total. The first-order valence-corrected chi connectivity index (χ1v) is 31.9. The van der Waals surface area contributed by atoms with Gasteiger partial charge in [0.2, 0.25) is 17.8 Å². The van der Waals surface area contributed by atoms with Gasteiger partial charge in [0.25, 0.3) is 20.2 Å². The SMILES string of the molecule is CCN(c1ccccc1)c1nc(NCCC[Si]23OC4CCCCCCC5O[Si](O)(CCCN)OC5CC(O2)C4O3)nc(Nc2cc(S(=O)(=O)O)cc3ccc(/N=N/c4ccc5ccccc5c4S(=O)(=O)O)c(O)c23)n1. The first-order valence-electron chi connectivity index (χ1n) is 25.1. The van der Waals surface area contributed by atoms with Gasteiger partial charge in [0.15, 0.2) is 5.75 Å². The van der Waals surface area contributed by atoms with Crippen molar-refractivity contribution in [2.45, 2.75) is 117 Å². The Morgan fingerprint density at radius 2 is 1.43 bits per heavy atom. The fourth-order valence-electron chi connectivity index (χ4n) is 10.4. The molecule has 3 aliphatic heterocycles. The van der Waals surface area contributed by atoms with Gasteiger partial charge in [0.1, 0.15) is 16.3 Å². The molecule has 0 spiro atoms.